The number of hydrogen-bond acceptors (Lipinski definition) is 2. The van der Waals surface area contributed by atoms with Crippen molar-refractivity contribution in [2.75, 3.05) is 6.54 Å². The van der Waals surface area contributed by atoms with Gasteiger partial charge in [-0.25, -0.2) is 0 Å². The number of nitrogens with one attached hydrogen (secondary N) is 1. The maximum absolute atomic E-state index is 4.62. The summed E-state index contributed by atoms with van der Waals surface area (Å²) in [5, 5.41) is 3.60. The standard InChI is InChI=1S/C17H28N2/c1-4-14-8-9-17(19-11-14)10-15-6-5-7-16(15)12-18-13(2)3/h8-9,11,13,15-16,18H,4-7,10,12H2,1-3H3. The molecule has 2 unspecified atom stereocenters. The average Bonchev–Trinajstić information content (AvgIpc) is 2.84. The first-order valence-corrected chi connectivity index (χ1v) is 7.86. The van der Waals surface area contributed by atoms with Crippen LogP contribution in [-0.2, 0) is 12.8 Å². The van der Waals surface area contributed by atoms with Gasteiger partial charge in [0.25, 0.3) is 0 Å². The number of aryl methyl sites for hydroxylation is 1. The van der Waals surface area contributed by atoms with E-state index in [4.69, 9.17) is 0 Å². The Morgan fingerprint density at radius 1 is 1.26 bits per heavy atom. The molecule has 2 nitrogen and oxygen atoms in total. The minimum absolute atomic E-state index is 0.600. The van der Waals surface area contributed by atoms with Crippen LogP contribution in [0.15, 0.2) is 18.3 Å². The minimum atomic E-state index is 0.600. The molecule has 0 spiro atoms. The molecule has 1 saturated carbocycles. The number of pyridine rings is 1. The van der Waals surface area contributed by atoms with Crippen molar-refractivity contribution in [2.24, 2.45) is 11.8 Å². The van der Waals surface area contributed by atoms with E-state index in [2.05, 4.69) is 43.2 Å². The van der Waals surface area contributed by atoms with Crippen molar-refractivity contribution in [3.63, 3.8) is 0 Å². The Balaban J connectivity index is 1.89. The van der Waals surface area contributed by atoms with Crippen LogP contribution in [0.3, 0.4) is 0 Å². The largest absolute Gasteiger partial charge is 0.314 e. The highest BCUT2D eigenvalue weighted by atomic mass is 14.9. The SMILES string of the molecule is CCc1ccc(CC2CCCC2CNC(C)C)nc1. The first-order valence-electron chi connectivity index (χ1n) is 7.86. The summed E-state index contributed by atoms with van der Waals surface area (Å²) in [5.74, 6) is 1.67. The maximum Gasteiger partial charge on any atom is 0.0406 e. The van der Waals surface area contributed by atoms with Gasteiger partial charge in [0.1, 0.15) is 0 Å². The summed E-state index contributed by atoms with van der Waals surface area (Å²) < 4.78 is 0. The molecule has 1 fully saturated rings. The Bertz CT molecular complexity index is 369. The van der Waals surface area contributed by atoms with Gasteiger partial charge in [0.15, 0.2) is 0 Å². The molecule has 1 aromatic heterocycles. The van der Waals surface area contributed by atoms with Crippen molar-refractivity contribution in [2.45, 2.75) is 58.9 Å². The first-order chi connectivity index (χ1) is 9.19. The van der Waals surface area contributed by atoms with Gasteiger partial charge in [-0.15, -0.1) is 0 Å². The summed E-state index contributed by atoms with van der Waals surface area (Å²) in [4.78, 5) is 4.62. The van der Waals surface area contributed by atoms with Crippen molar-refractivity contribution in [3.8, 4) is 0 Å². The Morgan fingerprint density at radius 2 is 2.05 bits per heavy atom. The highest BCUT2D eigenvalue weighted by Crippen LogP contribution is 2.33. The second kappa shape index (κ2) is 7.04. The van der Waals surface area contributed by atoms with E-state index in [1.165, 1.54) is 37.1 Å². The van der Waals surface area contributed by atoms with Gasteiger partial charge in [0.2, 0.25) is 0 Å². The fraction of sp³-hybridized carbons (Fsp3) is 0.706. The lowest BCUT2D eigenvalue weighted by atomic mass is 9.91. The van der Waals surface area contributed by atoms with Crippen LogP contribution in [0.5, 0.6) is 0 Å². The zero-order valence-corrected chi connectivity index (χ0v) is 12.7. The van der Waals surface area contributed by atoms with Crippen LogP contribution in [0, 0.1) is 11.8 Å². The summed E-state index contributed by atoms with van der Waals surface area (Å²) in [6.07, 6.45) is 8.44. The third-order valence-corrected chi connectivity index (χ3v) is 4.37. The lowest BCUT2D eigenvalue weighted by Crippen LogP contribution is -2.31. The second-order valence-corrected chi connectivity index (χ2v) is 6.23. The molecular formula is C17H28N2. The van der Waals surface area contributed by atoms with Crippen LogP contribution in [0.2, 0.25) is 0 Å². The zero-order valence-electron chi connectivity index (χ0n) is 12.7. The highest BCUT2D eigenvalue weighted by molar-refractivity contribution is 5.14. The number of aromatic nitrogens is 1. The van der Waals surface area contributed by atoms with Crippen LogP contribution in [0.4, 0.5) is 0 Å². The lowest BCUT2D eigenvalue weighted by Gasteiger charge is -2.21. The van der Waals surface area contributed by atoms with E-state index in [0.29, 0.717) is 6.04 Å². The molecule has 106 valence electrons. The molecule has 0 aromatic carbocycles. The quantitative estimate of drug-likeness (QED) is 0.845. The molecular weight excluding hydrogens is 232 g/mol. The molecule has 2 rings (SSSR count). The Morgan fingerprint density at radius 3 is 2.68 bits per heavy atom. The van der Waals surface area contributed by atoms with E-state index in [9.17, 15) is 0 Å². The molecule has 1 aromatic rings. The topological polar surface area (TPSA) is 24.9 Å². The molecule has 2 heteroatoms. The highest BCUT2D eigenvalue weighted by Gasteiger charge is 2.27. The molecule has 1 N–H and O–H groups in total. The Labute approximate surface area is 118 Å². The van der Waals surface area contributed by atoms with Gasteiger partial charge in [-0.2, -0.15) is 0 Å². The van der Waals surface area contributed by atoms with Gasteiger partial charge in [0.05, 0.1) is 0 Å². The molecule has 1 aliphatic rings. The van der Waals surface area contributed by atoms with Gasteiger partial charge in [-0.1, -0.05) is 33.3 Å². The van der Waals surface area contributed by atoms with E-state index in [0.717, 1.165) is 24.7 Å². The zero-order chi connectivity index (χ0) is 13.7. The summed E-state index contributed by atoms with van der Waals surface area (Å²) in [6.45, 7) is 7.82. The lowest BCUT2D eigenvalue weighted by molar-refractivity contribution is 0.352. The Hall–Kier alpha value is -0.890. The molecule has 0 amide bonds. The van der Waals surface area contributed by atoms with Crippen LogP contribution < -0.4 is 5.32 Å². The summed E-state index contributed by atoms with van der Waals surface area (Å²) >= 11 is 0. The Kier molecular flexibility index (Phi) is 5.38. The van der Waals surface area contributed by atoms with Crippen LogP contribution in [0.1, 0.15) is 51.3 Å². The number of nitrogens with zero attached hydrogens (tertiary/aromatic N) is 1. The third-order valence-electron chi connectivity index (χ3n) is 4.37. The fourth-order valence-corrected chi connectivity index (χ4v) is 3.09. The van der Waals surface area contributed by atoms with E-state index in [-0.39, 0.29) is 0 Å². The maximum atomic E-state index is 4.62. The van der Waals surface area contributed by atoms with Gasteiger partial charge < -0.3 is 5.32 Å². The van der Waals surface area contributed by atoms with Gasteiger partial charge in [-0.3, -0.25) is 4.98 Å². The molecule has 0 bridgehead atoms. The van der Waals surface area contributed by atoms with Crippen molar-refractivity contribution in [1.82, 2.24) is 10.3 Å². The molecule has 0 saturated heterocycles. The van der Waals surface area contributed by atoms with Crippen molar-refractivity contribution < 1.29 is 0 Å². The van der Waals surface area contributed by atoms with Crippen LogP contribution >= 0.6 is 0 Å². The third kappa shape index (κ3) is 4.31. The first kappa shape index (κ1) is 14.5. The molecule has 1 aliphatic carbocycles. The van der Waals surface area contributed by atoms with Gasteiger partial charge in [0, 0.05) is 17.9 Å². The molecule has 2 atom stereocenters. The van der Waals surface area contributed by atoms with Gasteiger partial charge in [-0.05, 0) is 55.7 Å². The average molecular weight is 260 g/mol. The fourth-order valence-electron chi connectivity index (χ4n) is 3.09. The minimum Gasteiger partial charge on any atom is -0.314 e. The summed E-state index contributed by atoms with van der Waals surface area (Å²) in [5.41, 5.74) is 2.62. The van der Waals surface area contributed by atoms with Crippen LogP contribution in [0.25, 0.3) is 0 Å². The van der Waals surface area contributed by atoms with Crippen molar-refractivity contribution >= 4 is 0 Å². The predicted octanol–water partition coefficient (Wildman–Crippen LogP) is 3.60. The molecule has 1 heterocycles. The normalized spacial score (nSPS) is 23.2. The van der Waals surface area contributed by atoms with E-state index in [1.807, 2.05) is 6.20 Å². The molecule has 0 radical (unpaired) electrons. The van der Waals surface area contributed by atoms with E-state index < -0.39 is 0 Å². The summed E-state index contributed by atoms with van der Waals surface area (Å²) in [6, 6.07) is 5.06. The molecule has 19 heavy (non-hydrogen) atoms. The van der Waals surface area contributed by atoms with Crippen LogP contribution in [-0.4, -0.2) is 17.6 Å². The summed E-state index contributed by atoms with van der Waals surface area (Å²) in [7, 11) is 0. The predicted molar refractivity (Wildman–Crippen MR) is 81.3 cm³/mol. The smallest absolute Gasteiger partial charge is 0.0406 e. The van der Waals surface area contributed by atoms with Gasteiger partial charge >= 0.3 is 0 Å². The van der Waals surface area contributed by atoms with E-state index in [1.54, 1.807) is 0 Å². The van der Waals surface area contributed by atoms with Crippen molar-refractivity contribution in [1.29, 1.82) is 0 Å². The number of hydrogen-bond donors (Lipinski definition) is 1. The van der Waals surface area contributed by atoms with E-state index >= 15 is 0 Å². The monoisotopic (exact) mass is 260 g/mol. The second-order valence-electron chi connectivity index (χ2n) is 6.23. The number of rotatable bonds is 6. The van der Waals surface area contributed by atoms with Crippen molar-refractivity contribution in [3.05, 3.63) is 29.6 Å². The molecule has 0 aliphatic heterocycles.